The molecule has 0 saturated carbocycles. The number of hydrogen-bond acceptors (Lipinski definition) is 3. The lowest BCUT2D eigenvalue weighted by atomic mass is 10.0. The fraction of sp³-hybridized carbons (Fsp3) is 0.235. The van der Waals surface area contributed by atoms with Crippen LogP contribution >= 0.6 is 0 Å². The van der Waals surface area contributed by atoms with Crippen molar-refractivity contribution in [2.75, 3.05) is 12.8 Å². The molecule has 0 fully saturated rings. The van der Waals surface area contributed by atoms with Gasteiger partial charge in [-0.15, -0.1) is 0 Å². The Bertz CT molecular complexity index is 633. The molecule has 1 atom stereocenters. The van der Waals surface area contributed by atoms with Crippen molar-refractivity contribution in [2.24, 2.45) is 0 Å². The van der Waals surface area contributed by atoms with E-state index in [4.69, 9.17) is 10.5 Å². The highest BCUT2D eigenvalue weighted by atomic mass is 16.5. The number of carbonyl (C=O) groups is 1. The maximum Gasteiger partial charge on any atom is 0.254 e. The van der Waals surface area contributed by atoms with Gasteiger partial charge >= 0.3 is 0 Å². The number of ether oxygens (including phenoxy) is 1. The Hall–Kier alpha value is -2.49. The van der Waals surface area contributed by atoms with Gasteiger partial charge in [-0.3, -0.25) is 4.79 Å². The van der Waals surface area contributed by atoms with Gasteiger partial charge in [0.2, 0.25) is 0 Å². The van der Waals surface area contributed by atoms with Gasteiger partial charge in [-0.25, -0.2) is 0 Å². The minimum atomic E-state index is -0.166. The molecule has 0 aromatic heterocycles. The summed E-state index contributed by atoms with van der Waals surface area (Å²) in [6.07, 6.45) is 0. The standard InChI is InChI=1S/C17H20N2O2/c1-11-6-4-9-15(18)16(11)17(20)19-12(2)13-7-5-8-14(10-13)21-3/h4-10,12H,18H2,1-3H3,(H,19,20). The summed E-state index contributed by atoms with van der Waals surface area (Å²) in [7, 11) is 1.62. The molecule has 0 aliphatic heterocycles. The zero-order valence-corrected chi connectivity index (χ0v) is 12.5. The highest BCUT2D eigenvalue weighted by Crippen LogP contribution is 2.21. The summed E-state index contributed by atoms with van der Waals surface area (Å²) in [4.78, 5) is 12.4. The first-order valence-corrected chi connectivity index (χ1v) is 6.83. The van der Waals surface area contributed by atoms with Crippen LogP contribution in [0.3, 0.4) is 0 Å². The van der Waals surface area contributed by atoms with Crippen LogP contribution in [0.15, 0.2) is 42.5 Å². The van der Waals surface area contributed by atoms with E-state index in [1.54, 1.807) is 13.2 Å². The minimum absolute atomic E-state index is 0.133. The maximum atomic E-state index is 12.4. The number of carbonyl (C=O) groups excluding carboxylic acids is 1. The third-order valence-electron chi connectivity index (χ3n) is 3.47. The first-order valence-electron chi connectivity index (χ1n) is 6.83. The van der Waals surface area contributed by atoms with Crippen molar-refractivity contribution >= 4 is 11.6 Å². The van der Waals surface area contributed by atoms with Crippen LogP contribution in [0.2, 0.25) is 0 Å². The number of rotatable bonds is 4. The van der Waals surface area contributed by atoms with Crippen LogP contribution in [0.25, 0.3) is 0 Å². The Morgan fingerprint density at radius 1 is 1.24 bits per heavy atom. The number of aryl methyl sites for hydroxylation is 1. The third kappa shape index (κ3) is 3.34. The van der Waals surface area contributed by atoms with Crippen LogP contribution in [-0.4, -0.2) is 13.0 Å². The Kier molecular flexibility index (Phi) is 4.48. The van der Waals surface area contributed by atoms with E-state index >= 15 is 0 Å². The van der Waals surface area contributed by atoms with E-state index < -0.39 is 0 Å². The summed E-state index contributed by atoms with van der Waals surface area (Å²) in [5.74, 6) is 0.602. The number of methoxy groups -OCH3 is 1. The molecule has 21 heavy (non-hydrogen) atoms. The molecule has 0 aliphatic rings. The van der Waals surface area contributed by atoms with Crippen molar-refractivity contribution in [2.45, 2.75) is 19.9 Å². The molecule has 110 valence electrons. The number of hydrogen-bond donors (Lipinski definition) is 2. The molecule has 2 aromatic carbocycles. The second-order valence-electron chi connectivity index (χ2n) is 5.01. The van der Waals surface area contributed by atoms with Crippen molar-refractivity contribution < 1.29 is 9.53 Å². The Morgan fingerprint density at radius 2 is 1.95 bits per heavy atom. The fourth-order valence-corrected chi connectivity index (χ4v) is 2.26. The molecule has 1 unspecified atom stereocenters. The van der Waals surface area contributed by atoms with Crippen LogP contribution < -0.4 is 15.8 Å². The molecule has 2 rings (SSSR count). The van der Waals surface area contributed by atoms with Gasteiger partial charge in [0.1, 0.15) is 5.75 Å². The van der Waals surface area contributed by atoms with Gasteiger partial charge in [0.25, 0.3) is 5.91 Å². The van der Waals surface area contributed by atoms with Crippen molar-refractivity contribution in [1.82, 2.24) is 5.32 Å². The van der Waals surface area contributed by atoms with Gasteiger partial charge in [-0.05, 0) is 43.2 Å². The SMILES string of the molecule is COc1cccc(C(C)NC(=O)c2c(C)cccc2N)c1. The van der Waals surface area contributed by atoms with Gasteiger partial charge in [0.05, 0.1) is 18.7 Å². The van der Waals surface area contributed by atoms with Crippen molar-refractivity contribution in [3.63, 3.8) is 0 Å². The highest BCUT2D eigenvalue weighted by molar-refractivity contribution is 6.00. The molecule has 4 nitrogen and oxygen atoms in total. The Morgan fingerprint density at radius 3 is 2.62 bits per heavy atom. The van der Waals surface area contributed by atoms with Crippen LogP contribution in [0, 0.1) is 6.92 Å². The van der Waals surface area contributed by atoms with E-state index in [9.17, 15) is 4.79 Å². The van der Waals surface area contributed by atoms with E-state index in [1.165, 1.54) is 0 Å². The molecule has 0 aliphatic carbocycles. The molecule has 0 radical (unpaired) electrons. The van der Waals surface area contributed by atoms with Crippen LogP contribution in [-0.2, 0) is 0 Å². The number of nitrogens with two attached hydrogens (primary N) is 1. The molecule has 0 bridgehead atoms. The molecular weight excluding hydrogens is 264 g/mol. The van der Waals surface area contributed by atoms with E-state index in [2.05, 4.69) is 5.32 Å². The summed E-state index contributed by atoms with van der Waals surface area (Å²) in [5.41, 5.74) is 8.77. The Labute approximate surface area is 124 Å². The first-order chi connectivity index (χ1) is 10.0. The van der Waals surface area contributed by atoms with E-state index in [1.807, 2.05) is 50.2 Å². The van der Waals surface area contributed by atoms with Gasteiger partial charge in [-0.1, -0.05) is 24.3 Å². The summed E-state index contributed by atoms with van der Waals surface area (Å²) in [6, 6.07) is 13.0. The lowest BCUT2D eigenvalue weighted by Crippen LogP contribution is -2.28. The highest BCUT2D eigenvalue weighted by Gasteiger charge is 2.16. The van der Waals surface area contributed by atoms with Crippen molar-refractivity contribution in [3.8, 4) is 5.75 Å². The van der Waals surface area contributed by atoms with Crippen molar-refractivity contribution in [3.05, 3.63) is 59.2 Å². The minimum Gasteiger partial charge on any atom is -0.497 e. The number of anilines is 1. The molecule has 0 saturated heterocycles. The summed E-state index contributed by atoms with van der Waals surface area (Å²) >= 11 is 0. The zero-order valence-electron chi connectivity index (χ0n) is 12.5. The molecule has 2 aromatic rings. The lowest BCUT2D eigenvalue weighted by Gasteiger charge is -2.17. The van der Waals surface area contributed by atoms with Gasteiger partial charge in [-0.2, -0.15) is 0 Å². The van der Waals surface area contributed by atoms with Gasteiger partial charge in [0, 0.05) is 5.69 Å². The van der Waals surface area contributed by atoms with Crippen LogP contribution in [0.1, 0.15) is 34.5 Å². The average Bonchev–Trinajstić information content (AvgIpc) is 2.47. The van der Waals surface area contributed by atoms with Gasteiger partial charge < -0.3 is 15.8 Å². The summed E-state index contributed by atoms with van der Waals surface area (Å²) in [5, 5.41) is 2.97. The number of amides is 1. The van der Waals surface area contributed by atoms with Gasteiger partial charge in [0.15, 0.2) is 0 Å². The van der Waals surface area contributed by atoms with Crippen LogP contribution in [0.5, 0.6) is 5.75 Å². The van der Waals surface area contributed by atoms with Crippen molar-refractivity contribution in [1.29, 1.82) is 0 Å². The molecule has 3 N–H and O–H groups in total. The predicted octanol–water partition coefficient (Wildman–Crippen LogP) is 3.08. The zero-order chi connectivity index (χ0) is 15.4. The average molecular weight is 284 g/mol. The molecule has 0 spiro atoms. The summed E-state index contributed by atoms with van der Waals surface area (Å²) in [6.45, 7) is 3.81. The van der Waals surface area contributed by atoms with E-state index in [0.29, 0.717) is 11.3 Å². The number of benzene rings is 2. The third-order valence-corrected chi connectivity index (χ3v) is 3.47. The number of nitrogen functional groups attached to an aromatic ring is 1. The molecule has 4 heteroatoms. The quantitative estimate of drug-likeness (QED) is 0.848. The second kappa shape index (κ2) is 6.31. The molecular formula is C17H20N2O2. The van der Waals surface area contributed by atoms with E-state index in [-0.39, 0.29) is 11.9 Å². The fourth-order valence-electron chi connectivity index (χ4n) is 2.26. The van der Waals surface area contributed by atoms with E-state index in [0.717, 1.165) is 16.9 Å². The topological polar surface area (TPSA) is 64.3 Å². The maximum absolute atomic E-state index is 12.4. The summed E-state index contributed by atoms with van der Waals surface area (Å²) < 4.78 is 5.20. The first kappa shape index (κ1) is 14.9. The molecule has 0 heterocycles. The second-order valence-corrected chi connectivity index (χ2v) is 5.01. The monoisotopic (exact) mass is 284 g/mol. The predicted molar refractivity (Wildman–Crippen MR) is 84.5 cm³/mol. The molecule has 1 amide bonds. The smallest absolute Gasteiger partial charge is 0.254 e. The van der Waals surface area contributed by atoms with Crippen LogP contribution in [0.4, 0.5) is 5.69 Å². The normalized spacial score (nSPS) is 11.8. The largest absolute Gasteiger partial charge is 0.497 e. The Balaban J connectivity index is 2.19. The number of nitrogens with one attached hydrogen (secondary N) is 1. The lowest BCUT2D eigenvalue weighted by molar-refractivity contribution is 0.0940.